The highest BCUT2D eigenvalue weighted by Gasteiger charge is 2.26. The van der Waals surface area contributed by atoms with Gasteiger partial charge in [0.1, 0.15) is 11.4 Å². The summed E-state index contributed by atoms with van der Waals surface area (Å²) in [4.78, 5) is 35.4. The minimum Gasteiger partial charge on any atom is -0.481 e. The fraction of sp³-hybridized carbons (Fsp3) is 0.333. The van der Waals surface area contributed by atoms with Crippen molar-refractivity contribution in [1.82, 2.24) is 10.9 Å². The van der Waals surface area contributed by atoms with Gasteiger partial charge in [-0.05, 0) is 62.9 Å². The van der Waals surface area contributed by atoms with Crippen molar-refractivity contribution < 1.29 is 19.2 Å². The van der Waals surface area contributed by atoms with Crippen LogP contribution in [0.1, 0.15) is 41.3 Å². The number of carbonyl (C=O) groups is 2. The van der Waals surface area contributed by atoms with Crippen molar-refractivity contribution in [3.63, 3.8) is 0 Å². The van der Waals surface area contributed by atoms with Gasteiger partial charge < -0.3 is 10.1 Å². The number of nitrogens with one attached hydrogen (secondary N) is 3. The highest BCUT2D eigenvalue weighted by molar-refractivity contribution is 5.97. The number of benzene rings is 2. The van der Waals surface area contributed by atoms with E-state index < -0.39 is 22.8 Å². The standard InChI is InChI=1S/C21H24N4O5/c1-12-5-4-6-19(13(12)2)30-14(3)20(26)23-24-21(27)15-7-10-17(22-16-8-9-16)18(11-15)25(28)29/h4-7,10-11,14,16,22H,8-9H2,1-3H3,(H,23,26)(H,24,27)/t14-/m1/s1. The highest BCUT2D eigenvalue weighted by Crippen LogP contribution is 2.31. The third-order valence-corrected chi connectivity index (χ3v) is 4.92. The molecule has 2 amide bonds. The minimum atomic E-state index is -0.856. The average Bonchev–Trinajstić information content (AvgIpc) is 3.53. The highest BCUT2D eigenvalue weighted by atomic mass is 16.6. The lowest BCUT2D eigenvalue weighted by molar-refractivity contribution is -0.384. The predicted octanol–water partition coefficient (Wildman–Crippen LogP) is 3.01. The average molecular weight is 412 g/mol. The zero-order chi connectivity index (χ0) is 21.8. The molecule has 3 rings (SSSR count). The Labute approximate surface area is 173 Å². The monoisotopic (exact) mass is 412 g/mol. The largest absolute Gasteiger partial charge is 0.481 e. The van der Waals surface area contributed by atoms with E-state index in [9.17, 15) is 19.7 Å². The Morgan fingerprint density at radius 1 is 1.17 bits per heavy atom. The van der Waals surface area contributed by atoms with Gasteiger partial charge in [-0.25, -0.2) is 0 Å². The summed E-state index contributed by atoms with van der Waals surface area (Å²) in [7, 11) is 0. The van der Waals surface area contributed by atoms with E-state index in [0.29, 0.717) is 11.4 Å². The molecule has 1 fully saturated rings. The van der Waals surface area contributed by atoms with E-state index in [1.807, 2.05) is 26.0 Å². The molecule has 0 spiro atoms. The molecule has 30 heavy (non-hydrogen) atoms. The molecule has 2 aromatic rings. The molecule has 9 heteroatoms. The summed E-state index contributed by atoms with van der Waals surface area (Å²) in [5, 5.41) is 14.4. The fourth-order valence-electron chi connectivity index (χ4n) is 2.78. The van der Waals surface area contributed by atoms with E-state index in [0.717, 1.165) is 24.0 Å². The minimum absolute atomic E-state index is 0.0615. The van der Waals surface area contributed by atoms with Crippen molar-refractivity contribution in [2.45, 2.75) is 45.8 Å². The molecule has 1 saturated carbocycles. The predicted molar refractivity (Wildman–Crippen MR) is 111 cm³/mol. The van der Waals surface area contributed by atoms with Gasteiger partial charge in [0.25, 0.3) is 17.5 Å². The number of nitrogens with zero attached hydrogens (tertiary/aromatic N) is 1. The Morgan fingerprint density at radius 2 is 1.90 bits per heavy atom. The number of hydrogen-bond donors (Lipinski definition) is 3. The molecule has 1 atom stereocenters. The SMILES string of the molecule is Cc1cccc(O[C@H](C)C(=O)NNC(=O)c2ccc(NC3CC3)c([N+](=O)[O-])c2)c1C. The summed E-state index contributed by atoms with van der Waals surface area (Å²) in [5.41, 5.74) is 6.77. The van der Waals surface area contributed by atoms with Crippen molar-refractivity contribution in [3.05, 3.63) is 63.2 Å². The van der Waals surface area contributed by atoms with Crippen LogP contribution in [0.2, 0.25) is 0 Å². The Balaban J connectivity index is 1.60. The van der Waals surface area contributed by atoms with E-state index in [4.69, 9.17) is 4.74 Å². The van der Waals surface area contributed by atoms with Gasteiger partial charge in [0.2, 0.25) is 0 Å². The first kappa shape index (κ1) is 21.1. The maximum absolute atomic E-state index is 12.3. The number of ether oxygens (including phenoxy) is 1. The first-order chi connectivity index (χ1) is 14.3. The van der Waals surface area contributed by atoms with Gasteiger partial charge in [-0.15, -0.1) is 0 Å². The Kier molecular flexibility index (Phi) is 6.20. The molecule has 0 bridgehead atoms. The van der Waals surface area contributed by atoms with Crippen LogP contribution in [0.15, 0.2) is 36.4 Å². The lowest BCUT2D eigenvalue weighted by Gasteiger charge is -2.17. The molecule has 0 aromatic heterocycles. The van der Waals surface area contributed by atoms with Gasteiger partial charge in [-0.1, -0.05) is 12.1 Å². The molecule has 9 nitrogen and oxygen atoms in total. The molecule has 3 N–H and O–H groups in total. The lowest BCUT2D eigenvalue weighted by atomic mass is 10.1. The van der Waals surface area contributed by atoms with Gasteiger partial charge in [-0.2, -0.15) is 0 Å². The van der Waals surface area contributed by atoms with Crippen LogP contribution in [-0.2, 0) is 4.79 Å². The topological polar surface area (TPSA) is 123 Å². The third-order valence-electron chi connectivity index (χ3n) is 4.92. The molecule has 0 aliphatic heterocycles. The Hall–Kier alpha value is -3.62. The summed E-state index contributed by atoms with van der Waals surface area (Å²) in [5.74, 6) is -0.632. The number of rotatable bonds is 7. The van der Waals surface area contributed by atoms with Crippen LogP contribution in [0.5, 0.6) is 5.75 Å². The van der Waals surface area contributed by atoms with Gasteiger partial charge in [0, 0.05) is 17.7 Å². The summed E-state index contributed by atoms with van der Waals surface area (Å²) >= 11 is 0. The van der Waals surface area contributed by atoms with Crippen molar-refractivity contribution in [1.29, 1.82) is 0 Å². The number of aryl methyl sites for hydroxylation is 1. The number of carbonyl (C=O) groups excluding carboxylic acids is 2. The van der Waals surface area contributed by atoms with Gasteiger partial charge in [0.15, 0.2) is 6.10 Å². The van der Waals surface area contributed by atoms with Gasteiger partial charge in [-0.3, -0.25) is 30.6 Å². The summed E-state index contributed by atoms with van der Waals surface area (Å²) in [6.45, 7) is 5.40. The van der Waals surface area contributed by atoms with Crippen molar-refractivity contribution in [2.24, 2.45) is 0 Å². The second-order valence-electron chi connectivity index (χ2n) is 7.31. The van der Waals surface area contributed by atoms with Crippen LogP contribution in [0.3, 0.4) is 0 Å². The maximum Gasteiger partial charge on any atom is 0.293 e. The van der Waals surface area contributed by atoms with Gasteiger partial charge in [0.05, 0.1) is 4.92 Å². The van der Waals surface area contributed by atoms with Crippen molar-refractivity contribution in [2.75, 3.05) is 5.32 Å². The molecular formula is C21H24N4O5. The summed E-state index contributed by atoms with van der Waals surface area (Å²) in [6, 6.07) is 9.93. The molecule has 0 saturated heterocycles. The van der Waals surface area contributed by atoms with Crippen molar-refractivity contribution >= 4 is 23.2 Å². The number of anilines is 1. The van der Waals surface area contributed by atoms with E-state index in [2.05, 4.69) is 16.2 Å². The molecule has 2 aromatic carbocycles. The fourth-order valence-corrected chi connectivity index (χ4v) is 2.78. The smallest absolute Gasteiger partial charge is 0.293 e. The number of hydrazine groups is 1. The maximum atomic E-state index is 12.3. The quantitative estimate of drug-likeness (QED) is 0.475. The lowest BCUT2D eigenvalue weighted by Crippen LogP contribution is -2.47. The molecule has 0 heterocycles. The van der Waals surface area contributed by atoms with Crippen LogP contribution >= 0.6 is 0 Å². The van der Waals surface area contributed by atoms with Crippen LogP contribution in [0.25, 0.3) is 0 Å². The number of hydrogen-bond acceptors (Lipinski definition) is 6. The number of amides is 2. The van der Waals surface area contributed by atoms with E-state index in [1.165, 1.54) is 18.2 Å². The summed E-state index contributed by atoms with van der Waals surface area (Å²) in [6.07, 6.45) is 1.08. The Morgan fingerprint density at radius 3 is 2.57 bits per heavy atom. The van der Waals surface area contributed by atoms with Crippen molar-refractivity contribution in [3.8, 4) is 5.75 Å². The van der Waals surface area contributed by atoms with Gasteiger partial charge >= 0.3 is 0 Å². The first-order valence-electron chi connectivity index (χ1n) is 9.64. The normalized spacial score (nSPS) is 13.8. The van der Waals surface area contributed by atoms with E-state index in [-0.39, 0.29) is 17.3 Å². The zero-order valence-electron chi connectivity index (χ0n) is 17.0. The zero-order valence-corrected chi connectivity index (χ0v) is 17.0. The van der Waals surface area contributed by atoms with Crippen LogP contribution in [0.4, 0.5) is 11.4 Å². The van der Waals surface area contributed by atoms with E-state index in [1.54, 1.807) is 13.0 Å². The molecular weight excluding hydrogens is 388 g/mol. The molecule has 1 aliphatic carbocycles. The summed E-state index contributed by atoms with van der Waals surface area (Å²) < 4.78 is 5.67. The van der Waals surface area contributed by atoms with Crippen LogP contribution in [0, 0.1) is 24.0 Å². The second-order valence-corrected chi connectivity index (χ2v) is 7.31. The third kappa shape index (κ3) is 5.05. The first-order valence-corrected chi connectivity index (χ1v) is 9.64. The Bertz CT molecular complexity index is 987. The molecule has 158 valence electrons. The second kappa shape index (κ2) is 8.81. The van der Waals surface area contributed by atoms with E-state index >= 15 is 0 Å². The molecule has 0 unspecified atom stereocenters. The number of nitro benzene ring substituents is 1. The number of nitro groups is 1. The molecule has 1 aliphatic rings. The molecule has 0 radical (unpaired) electrons. The van der Waals surface area contributed by atoms with Crippen LogP contribution in [-0.4, -0.2) is 28.9 Å². The van der Waals surface area contributed by atoms with Crippen LogP contribution < -0.4 is 20.9 Å².